The molecule has 1 saturated carbocycles. The number of benzene rings is 2. The number of hydrogen-bond donors (Lipinski definition) is 0. The minimum Gasteiger partial charge on any atom is -0.486 e. The molecular formula is C25H31NO5S. The maximum absolute atomic E-state index is 13.7. The number of hydrogen-bond acceptors (Lipinski definition) is 5. The van der Waals surface area contributed by atoms with E-state index < -0.39 is 16.1 Å². The Morgan fingerprint density at radius 2 is 1.91 bits per heavy atom. The van der Waals surface area contributed by atoms with Crippen molar-refractivity contribution in [1.82, 2.24) is 0 Å². The largest absolute Gasteiger partial charge is 0.486 e. The van der Waals surface area contributed by atoms with Gasteiger partial charge in [-0.2, -0.15) is 0 Å². The van der Waals surface area contributed by atoms with E-state index in [-0.39, 0.29) is 23.8 Å². The van der Waals surface area contributed by atoms with Crippen molar-refractivity contribution in [3.8, 4) is 5.75 Å². The molecule has 0 amide bonds. The Balaban J connectivity index is 1.71. The second-order valence-corrected chi connectivity index (χ2v) is 10.6. The Morgan fingerprint density at radius 1 is 1.12 bits per heavy atom. The number of anilines is 1. The molecule has 1 fully saturated rings. The van der Waals surface area contributed by atoms with Crippen molar-refractivity contribution in [2.45, 2.75) is 68.8 Å². The van der Waals surface area contributed by atoms with E-state index >= 15 is 0 Å². The molecule has 0 unspecified atom stereocenters. The Hall–Kier alpha value is -2.54. The van der Waals surface area contributed by atoms with E-state index in [1.807, 2.05) is 25.1 Å². The molecule has 2 aromatic rings. The topological polar surface area (TPSA) is 72.9 Å². The van der Waals surface area contributed by atoms with Gasteiger partial charge < -0.3 is 9.47 Å². The molecule has 1 atom stereocenters. The monoisotopic (exact) mass is 457 g/mol. The van der Waals surface area contributed by atoms with Crippen molar-refractivity contribution in [2.75, 3.05) is 18.0 Å². The molecule has 1 heterocycles. The summed E-state index contributed by atoms with van der Waals surface area (Å²) >= 11 is 0. The minimum atomic E-state index is -3.79. The van der Waals surface area contributed by atoms with E-state index in [4.69, 9.17) is 9.47 Å². The van der Waals surface area contributed by atoms with Gasteiger partial charge in [0.25, 0.3) is 10.0 Å². The van der Waals surface area contributed by atoms with Crippen molar-refractivity contribution < 1.29 is 22.7 Å². The van der Waals surface area contributed by atoms with Gasteiger partial charge in [0.2, 0.25) is 0 Å². The van der Waals surface area contributed by atoms with Crippen molar-refractivity contribution in [3.05, 3.63) is 53.6 Å². The van der Waals surface area contributed by atoms with Gasteiger partial charge in [0.1, 0.15) is 11.9 Å². The highest BCUT2D eigenvalue weighted by Gasteiger charge is 2.35. The summed E-state index contributed by atoms with van der Waals surface area (Å²) in [5, 5.41) is 0. The van der Waals surface area contributed by atoms with Crippen molar-refractivity contribution in [3.63, 3.8) is 0 Å². The zero-order chi connectivity index (χ0) is 22.7. The molecule has 2 aromatic carbocycles. The summed E-state index contributed by atoms with van der Waals surface area (Å²) in [5.41, 5.74) is 2.64. The van der Waals surface area contributed by atoms with Crippen LogP contribution in [-0.2, 0) is 19.6 Å². The number of carbonyl (C=O) groups is 1. The third-order valence-electron chi connectivity index (χ3n) is 6.47. The second kappa shape index (κ2) is 9.53. The number of fused-ring (bicyclic) bond motifs is 1. The molecule has 7 heteroatoms. The van der Waals surface area contributed by atoms with Crippen LogP contribution in [-0.4, -0.2) is 34.1 Å². The Kier molecular flexibility index (Phi) is 6.74. The number of rotatable bonds is 6. The molecule has 172 valence electrons. The van der Waals surface area contributed by atoms with E-state index in [9.17, 15) is 13.2 Å². The molecule has 0 saturated heterocycles. The van der Waals surface area contributed by atoms with E-state index in [2.05, 4.69) is 6.07 Å². The van der Waals surface area contributed by atoms with Crippen LogP contribution in [0.3, 0.4) is 0 Å². The predicted molar refractivity (Wildman–Crippen MR) is 124 cm³/mol. The standard InChI is InChI=1S/C25H31NO5S/c1-18-7-6-10-22(15-18)32(28,29)26-17-21(12-14-25(27)30-2)31-24-13-11-20(16-23(24)26)19-8-4-3-5-9-19/h6-7,10-11,13,15-16,19,21H,3-5,8-9,12,14,17H2,1-2H3/t21-/m0/s1. The van der Waals surface area contributed by atoms with Gasteiger partial charge in [0.15, 0.2) is 0 Å². The zero-order valence-corrected chi connectivity index (χ0v) is 19.6. The number of esters is 1. The smallest absolute Gasteiger partial charge is 0.305 e. The average molecular weight is 458 g/mol. The van der Waals surface area contributed by atoms with Gasteiger partial charge in [-0.05, 0) is 67.5 Å². The highest BCUT2D eigenvalue weighted by molar-refractivity contribution is 7.92. The first-order chi connectivity index (χ1) is 15.4. The third kappa shape index (κ3) is 4.77. The van der Waals surface area contributed by atoms with Gasteiger partial charge in [-0.1, -0.05) is 37.5 Å². The number of nitrogens with zero attached hydrogens (tertiary/aromatic N) is 1. The summed E-state index contributed by atoms with van der Waals surface area (Å²) in [4.78, 5) is 11.9. The third-order valence-corrected chi connectivity index (χ3v) is 8.24. The summed E-state index contributed by atoms with van der Waals surface area (Å²) in [5.74, 6) is 0.664. The quantitative estimate of drug-likeness (QED) is 0.574. The number of methoxy groups -OCH3 is 1. The summed E-state index contributed by atoms with van der Waals surface area (Å²) in [6, 6.07) is 12.9. The van der Waals surface area contributed by atoms with Gasteiger partial charge in [-0.25, -0.2) is 8.42 Å². The van der Waals surface area contributed by atoms with E-state index in [1.165, 1.54) is 36.2 Å². The molecule has 2 aliphatic rings. The lowest BCUT2D eigenvalue weighted by atomic mass is 9.84. The van der Waals surface area contributed by atoms with Crippen LogP contribution < -0.4 is 9.04 Å². The molecular weight excluding hydrogens is 426 g/mol. The molecule has 1 aliphatic heterocycles. The van der Waals surface area contributed by atoms with E-state index in [1.54, 1.807) is 18.2 Å². The molecule has 0 radical (unpaired) electrons. The Labute approximate surface area is 190 Å². The highest BCUT2D eigenvalue weighted by atomic mass is 32.2. The van der Waals surface area contributed by atoms with Crippen molar-refractivity contribution in [2.24, 2.45) is 0 Å². The van der Waals surface area contributed by atoms with Crippen LogP contribution >= 0.6 is 0 Å². The van der Waals surface area contributed by atoms with Crippen LogP contribution in [0, 0.1) is 6.92 Å². The second-order valence-electron chi connectivity index (χ2n) is 8.77. The van der Waals surface area contributed by atoms with Crippen LogP contribution in [0.25, 0.3) is 0 Å². The lowest BCUT2D eigenvalue weighted by Crippen LogP contribution is -2.43. The molecule has 0 spiro atoms. The first-order valence-corrected chi connectivity index (χ1v) is 12.8. The first kappa shape index (κ1) is 22.6. The molecule has 0 bridgehead atoms. The maximum Gasteiger partial charge on any atom is 0.305 e. The van der Waals surface area contributed by atoms with E-state index in [0.29, 0.717) is 23.8 Å². The summed E-state index contributed by atoms with van der Waals surface area (Å²) in [6.07, 6.45) is 6.07. The van der Waals surface area contributed by atoms with E-state index in [0.717, 1.165) is 18.4 Å². The number of ether oxygens (including phenoxy) is 2. The van der Waals surface area contributed by atoms with Crippen LogP contribution in [0.1, 0.15) is 62.0 Å². The van der Waals surface area contributed by atoms with Gasteiger partial charge >= 0.3 is 5.97 Å². The zero-order valence-electron chi connectivity index (χ0n) is 18.7. The summed E-state index contributed by atoms with van der Waals surface area (Å²) in [6.45, 7) is 2.04. The number of aryl methyl sites for hydroxylation is 1. The average Bonchev–Trinajstić information content (AvgIpc) is 2.82. The molecule has 0 aromatic heterocycles. The fourth-order valence-electron chi connectivity index (χ4n) is 4.68. The Morgan fingerprint density at radius 3 is 2.62 bits per heavy atom. The summed E-state index contributed by atoms with van der Waals surface area (Å²) < 4.78 is 39.8. The van der Waals surface area contributed by atoms with Gasteiger partial charge in [0, 0.05) is 6.42 Å². The molecule has 1 aliphatic carbocycles. The highest BCUT2D eigenvalue weighted by Crippen LogP contribution is 2.42. The maximum atomic E-state index is 13.7. The minimum absolute atomic E-state index is 0.161. The van der Waals surface area contributed by atoms with Crippen LogP contribution in [0.5, 0.6) is 5.75 Å². The first-order valence-electron chi connectivity index (χ1n) is 11.4. The Bertz CT molecular complexity index is 1080. The predicted octanol–water partition coefficient (Wildman–Crippen LogP) is 4.95. The number of carbonyl (C=O) groups excluding carboxylic acids is 1. The lowest BCUT2D eigenvalue weighted by Gasteiger charge is -2.36. The SMILES string of the molecule is COC(=O)CC[C@H]1CN(S(=O)(=O)c2cccc(C)c2)c2cc(C3CCCCC3)ccc2O1. The van der Waals surface area contributed by atoms with Crippen molar-refractivity contribution in [1.29, 1.82) is 0 Å². The fourth-order valence-corrected chi connectivity index (χ4v) is 6.28. The van der Waals surface area contributed by atoms with Crippen LogP contribution in [0.2, 0.25) is 0 Å². The fraction of sp³-hybridized carbons (Fsp3) is 0.480. The normalized spacial score (nSPS) is 19.2. The lowest BCUT2D eigenvalue weighted by molar-refractivity contribution is -0.141. The molecule has 32 heavy (non-hydrogen) atoms. The molecule has 6 nitrogen and oxygen atoms in total. The molecule has 0 N–H and O–H groups in total. The van der Waals surface area contributed by atoms with Gasteiger partial charge in [-0.15, -0.1) is 0 Å². The number of sulfonamides is 1. The van der Waals surface area contributed by atoms with Crippen LogP contribution in [0.15, 0.2) is 47.4 Å². The summed E-state index contributed by atoms with van der Waals surface area (Å²) in [7, 11) is -2.44. The van der Waals surface area contributed by atoms with Gasteiger partial charge in [-0.3, -0.25) is 9.10 Å². The van der Waals surface area contributed by atoms with Crippen molar-refractivity contribution >= 4 is 21.7 Å². The van der Waals surface area contributed by atoms with Crippen LogP contribution in [0.4, 0.5) is 5.69 Å². The molecule has 4 rings (SSSR count). The van der Waals surface area contributed by atoms with Gasteiger partial charge in [0.05, 0.1) is 24.2 Å².